The third-order valence-corrected chi connectivity index (χ3v) is 6.10. The van der Waals surface area contributed by atoms with E-state index < -0.39 is 10.0 Å². The molecule has 0 spiro atoms. The van der Waals surface area contributed by atoms with Crippen LogP contribution in [-0.2, 0) is 26.0 Å². The molecule has 0 saturated carbocycles. The number of rotatable bonds is 9. The monoisotopic (exact) mass is 470 g/mol. The Bertz CT molecular complexity index is 1230. The van der Waals surface area contributed by atoms with E-state index in [0.29, 0.717) is 30.0 Å². The molecule has 3 aromatic rings. The van der Waals surface area contributed by atoms with E-state index in [-0.39, 0.29) is 28.5 Å². The molecule has 33 heavy (non-hydrogen) atoms. The average molecular weight is 471 g/mol. The Morgan fingerprint density at radius 1 is 1.15 bits per heavy atom. The number of carbonyl (C=O) groups excluding carboxylic acids is 1. The molecule has 9 nitrogen and oxygen atoms in total. The summed E-state index contributed by atoms with van der Waals surface area (Å²) in [5.74, 6) is -0.0736. The smallest absolute Gasteiger partial charge is 0.302 e. The number of nitrogens with zero attached hydrogens (tertiary/aromatic N) is 3. The highest BCUT2D eigenvalue weighted by atomic mass is 32.2. The predicted molar refractivity (Wildman–Crippen MR) is 123 cm³/mol. The third-order valence-electron chi connectivity index (χ3n) is 4.73. The molecule has 1 unspecified atom stereocenters. The second-order valence-corrected chi connectivity index (χ2v) is 9.28. The highest BCUT2D eigenvalue weighted by Gasteiger charge is 2.23. The topological polar surface area (TPSA) is 120 Å². The Morgan fingerprint density at radius 3 is 2.55 bits per heavy atom. The first-order valence-electron chi connectivity index (χ1n) is 10.3. The van der Waals surface area contributed by atoms with Crippen molar-refractivity contribution in [1.82, 2.24) is 15.0 Å². The molecule has 0 radical (unpaired) electrons. The van der Waals surface area contributed by atoms with E-state index in [9.17, 15) is 13.2 Å². The molecular weight excluding hydrogens is 444 g/mol. The average Bonchev–Trinajstić information content (AvgIpc) is 2.79. The molecular formula is C23H26N4O5S. The number of hydrogen-bond donors (Lipinski definition) is 1. The number of anilines is 1. The van der Waals surface area contributed by atoms with Crippen molar-refractivity contribution < 1.29 is 22.7 Å². The fourth-order valence-electron chi connectivity index (χ4n) is 3.19. The summed E-state index contributed by atoms with van der Waals surface area (Å²) in [7, 11) is -2.63. The van der Waals surface area contributed by atoms with Crippen molar-refractivity contribution in [3.05, 3.63) is 60.0 Å². The lowest BCUT2D eigenvalue weighted by Gasteiger charge is -2.14. The highest BCUT2D eigenvalue weighted by molar-refractivity contribution is 7.92. The number of carbonyl (C=O) groups is 1. The summed E-state index contributed by atoms with van der Waals surface area (Å²) in [4.78, 5) is 23.5. The van der Waals surface area contributed by atoms with Crippen molar-refractivity contribution in [2.24, 2.45) is 5.92 Å². The molecule has 1 aromatic carbocycles. The van der Waals surface area contributed by atoms with Crippen LogP contribution in [0.3, 0.4) is 0 Å². The Morgan fingerprint density at radius 2 is 1.88 bits per heavy atom. The molecule has 2 aromatic heterocycles. The van der Waals surface area contributed by atoms with Gasteiger partial charge in [-0.25, -0.2) is 18.4 Å². The largest absolute Gasteiger partial charge is 0.478 e. The Kier molecular flexibility index (Phi) is 7.59. The summed E-state index contributed by atoms with van der Waals surface area (Å²) < 4.78 is 39.0. The number of ether oxygens (including phenoxy) is 2. The molecule has 0 bridgehead atoms. The Hall–Kier alpha value is -3.53. The zero-order chi connectivity index (χ0) is 24.0. The fourth-order valence-corrected chi connectivity index (χ4v) is 4.38. The van der Waals surface area contributed by atoms with Gasteiger partial charge in [-0.2, -0.15) is 0 Å². The standard InChI is InChI=1S/C23H26N4O5S/c1-15(14-32-17(3)28)12-18-7-9-19(10-8-18)21-20(6-5-11-24-21)33(29,30)27-22-23(31-4)26-16(2)13-25-22/h5-11,13,15H,12,14H2,1-4H3,(H,25,27). The van der Waals surface area contributed by atoms with E-state index >= 15 is 0 Å². The number of methoxy groups -OCH3 is 1. The molecule has 0 saturated heterocycles. The van der Waals surface area contributed by atoms with Crippen LogP contribution < -0.4 is 9.46 Å². The molecule has 1 atom stereocenters. The van der Waals surface area contributed by atoms with Crippen LogP contribution in [0.25, 0.3) is 11.3 Å². The van der Waals surface area contributed by atoms with Gasteiger partial charge >= 0.3 is 5.97 Å². The van der Waals surface area contributed by atoms with Gasteiger partial charge in [0.05, 0.1) is 31.3 Å². The van der Waals surface area contributed by atoms with E-state index in [1.165, 1.54) is 32.5 Å². The van der Waals surface area contributed by atoms with Crippen molar-refractivity contribution in [3.8, 4) is 17.1 Å². The van der Waals surface area contributed by atoms with Crippen LogP contribution >= 0.6 is 0 Å². The Balaban J connectivity index is 1.85. The minimum absolute atomic E-state index is 0.00461. The lowest BCUT2D eigenvalue weighted by atomic mass is 10.00. The first kappa shape index (κ1) is 24.1. The number of hydrogen-bond acceptors (Lipinski definition) is 8. The second-order valence-electron chi connectivity index (χ2n) is 7.63. The summed E-state index contributed by atoms with van der Waals surface area (Å²) in [5.41, 5.74) is 2.59. The van der Waals surface area contributed by atoms with E-state index in [0.717, 1.165) is 5.56 Å². The number of aromatic nitrogens is 3. The van der Waals surface area contributed by atoms with Crippen LogP contribution in [0, 0.1) is 12.8 Å². The third kappa shape index (κ3) is 6.26. The van der Waals surface area contributed by atoms with Crippen molar-refractivity contribution in [2.75, 3.05) is 18.4 Å². The number of sulfonamides is 1. The molecule has 174 valence electrons. The SMILES string of the molecule is COc1nc(C)cnc1NS(=O)(=O)c1cccnc1-c1ccc(CC(C)COC(C)=O)cc1. The van der Waals surface area contributed by atoms with Crippen LogP contribution in [0.4, 0.5) is 5.82 Å². The van der Waals surface area contributed by atoms with Gasteiger partial charge in [-0.05, 0) is 37.0 Å². The van der Waals surface area contributed by atoms with Crippen LogP contribution in [0.2, 0.25) is 0 Å². The van der Waals surface area contributed by atoms with Crippen molar-refractivity contribution >= 4 is 21.8 Å². The molecule has 2 heterocycles. The van der Waals surface area contributed by atoms with Gasteiger partial charge in [0, 0.05) is 18.7 Å². The van der Waals surface area contributed by atoms with Gasteiger partial charge in [0.15, 0.2) is 0 Å². The van der Waals surface area contributed by atoms with Gasteiger partial charge in [0.1, 0.15) is 4.90 Å². The number of pyridine rings is 1. The molecule has 10 heteroatoms. The first-order valence-corrected chi connectivity index (χ1v) is 11.8. The minimum atomic E-state index is -4.03. The van der Waals surface area contributed by atoms with Gasteiger partial charge < -0.3 is 9.47 Å². The van der Waals surface area contributed by atoms with Crippen LogP contribution in [0.1, 0.15) is 25.1 Å². The predicted octanol–water partition coefficient (Wildman–Crippen LogP) is 3.40. The number of aryl methyl sites for hydroxylation is 1. The molecule has 0 aliphatic rings. The zero-order valence-corrected chi connectivity index (χ0v) is 19.7. The van der Waals surface area contributed by atoms with Crippen LogP contribution in [0.15, 0.2) is 53.7 Å². The lowest BCUT2D eigenvalue weighted by Crippen LogP contribution is -2.16. The molecule has 0 aliphatic carbocycles. The number of esters is 1. The molecule has 3 rings (SSSR count). The zero-order valence-electron chi connectivity index (χ0n) is 18.9. The van der Waals surface area contributed by atoms with Crippen molar-refractivity contribution in [2.45, 2.75) is 32.1 Å². The normalized spacial score (nSPS) is 12.1. The summed E-state index contributed by atoms with van der Waals surface area (Å²) in [6.07, 6.45) is 3.70. The van der Waals surface area contributed by atoms with Gasteiger partial charge in [0.25, 0.3) is 15.9 Å². The van der Waals surface area contributed by atoms with E-state index in [1.807, 2.05) is 31.2 Å². The lowest BCUT2D eigenvalue weighted by molar-refractivity contribution is -0.142. The van der Waals surface area contributed by atoms with E-state index in [2.05, 4.69) is 19.7 Å². The van der Waals surface area contributed by atoms with Crippen molar-refractivity contribution in [1.29, 1.82) is 0 Å². The maximum Gasteiger partial charge on any atom is 0.302 e. The Labute approximate surface area is 193 Å². The second kappa shape index (κ2) is 10.4. The summed E-state index contributed by atoms with van der Waals surface area (Å²) >= 11 is 0. The molecule has 0 fully saturated rings. The van der Waals surface area contributed by atoms with Crippen LogP contribution in [0.5, 0.6) is 5.88 Å². The van der Waals surface area contributed by atoms with Crippen LogP contribution in [-0.4, -0.2) is 43.1 Å². The molecule has 1 N–H and O–H groups in total. The summed E-state index contributed by atoms with van der Waals surface area (Å²) in [5, 5.41) is 0. The minimum Gasteiger partial charge on any atom is -0.478 e. The quantitative estimate of drug-likeness (QED) is 0.473. The number of nitrogens with one attached hydrogen (secondary N) is 1. The van der Waals surface area contributed by atoms with E-state index in [4.69, 9.17) is 9.47 Å². The van der Waals surface area contributed by atoms with Crippen molar-refractivity contribution in [3.63, 3.8) is 0 Å². The maximum absolute atomic E-state index is 13.2. The fraction of sp³-hybridized carbons (Fsp3) is 0.304. The van der Waals surface area contributed by atoms with Gasteiger partial charge in [0.2, 0.25) is 5.82 Å². The summed E-state index contributed by atoms with van der Waals surface area (Å²) in [6.45, 7) is 5.45. The maximum atomic E-state index is 13.2. The molecule has 0 aliphatic heterocycles. The van der Waals surface area contributed by atoms with E-state index in [1.54, 1.807) is 13.0 Å². The van der Waals surface area contributed by atoms with Gasteiger partial charge in [-0.3, -0.25) is 14.5 Å². The van der Waals surface area contributed by atoms with Gasteiger partial charge in [-0.15, -0.1) is 0 Å². The molecule has 0 amide bonds. The highest BCUT2D eigenvalue weighted by Crippen LogP contribution is 2.29. The first-order chi connectivity index (χ1) is 15.7. The summed E-state index contributed by atoms with van der Waals surface area (Å²) in [6, 6.07) is 10.5. The number of benzene rings is 1. The van der Waals surface area contributed by atoms with Gasteiger partial charge in [-0.1, -0.05) is 31.2 Å².